The smallest absolute Gasteiger partial charge is 0.265 e. The Morgan fingerprint density at radius 2 is 2.27 bits per heavy atom. The molecule has 1 aliphatic rings. The monoisotopic (exact) mass is 315 g/mol. The predicted octanol–water partition coefficient (Wildman–Crippen LogP) is 1.41. The summed E-state index contributed by atoms with van der Waals surface area (Å²) in [5, 5.41) is 8.99. The van der Waals surface area contributed by atoms with E-state index in [0.717, 1.165) is 5.69 Å². The van der Waals surface area contributed by atoms with Crippen LogP contribution in [0.2, 0.25) is 0 Å². The van der Waals surface area contributed by atoms with E-state index in [4.69, 9.17) is 10.00 Å². The van der Waals surface area contributed by atoms with Gasteiger partial charge >= 0.3 is 0 Å². The van der Waals surface area contributed by atoms with Crippen molar-refractivity contribution in [3.63, 3.8) is 0 Å². The first-order chi connectivity index (χ1) is 10.7. The summed E-state index contributed by atoms with van der Waals surface area (Å²) in [5.74, 6) is 0.198. The number of nitrogens with zero attached hydrogens (tertiary/aromatic N) is 5. The summed E-state index contributed by atoms with van der Waals surface area (Å²) in [6, 6.07) is 1.95. The van der Waals surface area contributed by atoms with Crippen LogP contribution in [0, 0.1) is 18.3 Å². The van der Waals surface area contributed by atoms with Gasteiger partial charge in [0.15, 0.2) is 0 Å². The van der Waals surface area contributed by atoms with Gasteiger partial charge in [0.1, 0.15) is 17.1 Å². The third-order valence-electron chi connectivity index (χ3n) is 3.42. The average molecular weight is 315 g/mol. The van der Waals surface area contributed by atoms with E-state index < -0.39 is 0 Å². The summed E-state index contributed by atoms with van der Waals surface area (Å²) in [6.45, 7) is 2.91. The van der Waals surface area contributed by atoms with E-state index in [2.05, 4.69) is 15.0 Å². The maximum absolute atomic E-state index is 12.4. The van der Waals surface area contributed by atoms with Crippen molar-refractivity contribution in [1.29, 1.82) is 5.26 Å². The fraction of sp³-hybridized carbons (Fsp3) is 0.357. The number of hydrogen-bond donors (Lipinski definition) is 0. The molecular formula is C14H13N5O2S. The van der Waals surface area contributed by atoms with Crippen LogP contribution in [0.25, 0.3) is 0 Å². The van der Waals surface area contributed by atoms with Crippen molar-refractivity contribution < 1.29 is 9.53 Å². The average Bonchev–Trinajstić information content (AvgIpc) is 3.16. The van der Waals surface area contributed by atoms with Crippen molar-refractivity contribution >= 4 is 17.2 Å². The fourth-order valence-electron chi connectivity index (χ4n) is 2.31. The number of rotatable bonds is 3. The van der Waals surface area contributed by atoms with Crippen molar-refractivity contribution in [3.05, 3.63) is 34.2 Å². The maximum atomic E-state index is 12.4. The first-order valence-corrected chi connectivity index (χ1v) is 7.64. The second-order valence-electron chi connectivity index (χ2n) is 4.87. The molecule has 22 heavy (non-hydrogen) atoms. The molecule has 112 valence electrons. The van der Waals surface area contributed by atoms with E-state index >= 15 is 0 Å². The topological polar surface area (TPSA) is 92.0 Å². The summed E-state index contributed by atoms with van der Waals surface area (Å²) in [4.78, 5) is 26.9. The van der Waals surface area contributed by atoms with Crippen LogP contribution in [-0.2, 0) is 0 Å². The van der Waals surface area contributed by atoms with Crippen molar-refractivity contribution in [2.45, 2.75) is 19.4 Å². The second kappa shape index (κ2) is 6.07. The summed E-state index contributed by atoms with van der Waals surface area (Å²) >= 11 is 1.35. The number of aryl methyl sites for hydroxylation is 1. The van der Waals surface area contributed by atoms with Gasteiger partial charge in [-0.05, 0) is 6.92 Å². The number of thiazole rings is 1. The van der Waals surface area contributed by atoms with Crippen LogP contribution in [0.1, 0.15) is 27.5 Å². The van der Waals surface area contributed by atoms with Crippen LogP contribution in [0.4, 0.5) is 0 Å². The maximum Gasteiger partial charge on any atom is 0.265 e. The SMILES string of the molecule is Cc1ncsc1C(=O)N1CCC(Oc2nccnc2C#N)C1. The van der Waals surface area contributed by atoms with E-state index in [1.807, 2.05) is 13.0 Å². The highest BCUT2D eigenvalue weighted by Crippen LogP contribution is 2.22. The molecule has 1 atom stereocenters. The van der Waals surface area contributed by atoms with Gasteiger partial charge in [-0.2, -0.15) is 5.26 Å². The Labute approximate surface area is 131 Å². The van der Waals surface area contributed by atoms with Crippen molar-refractivity contribution in [1.82, 2.24) is 19.9 Å². The molecule has 8 heteroatoms. The lowest BCUT2D eigenvalue weighted by atomic mass is 10.3. The standard InChI is InChI=1S/C14H13N5O2S/c1-9-12(22-8-18-9)14(20)19-5-2-10(7-19)21-13-11(6-15)16-3-4-17-13/h3-4,8,10H,2,5,7H2,1H3. The van der Waals surface area contributed by atoms with E-state index in [0.29, 0.717) is 24.4 Å². The quantitative estimate of drug-likeness (QED) is 0.850. The van der Waals surface area contributed by atoms with Crippen LogP contribution in [0.3, 0.4) is 0 Å². The summed E-state index contributed by atoms with van der Waals surface area (Å²) in [7, 11) is 0. The molecule has 0 saturated carbocycles. The summed E-state index contributed by atoms with van der Waals surface area (Å²) in [5.41, 5.74) is 2.58. The molecule has 3 heterocycles. The summed E-state index contributed by atoms with van der Waals surface area (Å²) in [6.07, 6.45) is 3.45. The molecule has 0 radical (unpaired) electrons. The largest absolute Gasteiger partial charge is 0.470 e. The van der Waals surface area contributed by atoms with E-state index in [9.17, 15) is 4.79 Å². The highest BCUT2D eigenvalue weighted by molar-refractivity contribution is 7.11. The van der Waals surface area contributed by atoms with E-state index in [1.165, 1.54) is 23.7 Å². The Morgan fingerprint density at radius 1 is 1.45 bits per heavy atom. The number of amides is 1. The molecule has 7 nitrogen and oxygen atoms in total. The highest BCUT2D eigenvalue weighted by Gasteiger charge is 2.30. The molecule has 0 N–H and O–H groups in total. The lowest BCUT2D eigenvalue weighted by Crippen LogP contribution is -2.31. The zero-order valence-electron chi connectivity index (χ0n) is 11.9. The molecule has 0 aromatic carbocycles. The third-order valence-corrected chi connectivity index (χ3v) is 4.34. The van der Waals surface area contributed by atoms with Crippen LogP contribution in [0.15, 0.2) is 17.9 Å². The first kappa shape index (κ1) is 14.4. The van der Waals surface area contributed by atoms with Gasteiger partial charge in [0.05, 0.1) is 17.7 Å². The van der Waals surface area contributed by atoms with Crippen LogP contribution >= 0.6 is 11.3 Å². The molecule has 1 fully saturated rings. The molecule has 0 aliphatic carbocycles. The molecule has 1 saturated heterocycles. The number of carbonyl (C=O) groups excluding carboxylic acids is 1. The van der Waals surface area contributed by atoms with Gasteiger partial charge in [-0.25, -0.2) is 15.0 Å². The van der Waals surface area contributed by atoms with Gasteiger partial charge < -0.3 is 9.64 Å². The van der Waals surface area contributed by atoms with Gasteiger partial charge in [-0.3, -0.25) is 4.79 Å². The highest BCUT2D eigenvalue weighted by atomic mass is 32.1. The summed E-state index contributed by atoms with van der Waals surface area (Å²) < 4.78 is 5.72. The Balaban J connectivity index is 1.67. The van der Waals surface area contributed by atoms with Gasteiger partial charge in [-0.15, -0.1) is 11.3 Å². The second-order valence-corrected chi connectivity index (χ2v) is 5.72. The van der Waals surface area contributed by atoms with Gasteiger partial charge in [0.2, 0.25) is 5.69 Å². The fourth-order valence-corrected chi connectivity index (χ4v) is 3.08. The first-order valence-electron chi connectivity index (χ1n) is 6.76. The Hall–Kier alpha value is -2.53. The van der Waals surface area contributed by atoms with Crippen LogP contribution < -0.4 is 4.74 Å². The minimum atomic E-state index is -0.180. The zero-order chi connectivity index (χ0) is 15.5. The number of carbonyl (C=O) groups is 1. The molecule has 0 spiro atoms. The van der Waals surface area contributed by atoms with E-state index in [-0.39, 0.29) is 23.6 Å². The predicted molar refractivity (Wildman–Crippen MR) is 78.5 cm³/mol. The molecule has 1 amide bonds. The molecule has 1 aliphatic heterocycles. The van der Waals surface area contributed by atoms with Crippen LogP contribution in [-0.4, -0.2) is 45.0 Å². The van der Waals surface area contributed by atoms with Crippen molar-refractivity contribution in [2.75, 3.05) is 13.1 Å². The minimum absolute atomic E-state index is 0.0225. The number of hydrogen-bond acceptors (Lipinski definition) is 7. The molecule has 2 aromatic heterocycles. The molecule has 3 rings (SSSR count). The Morgan fingerprint density at radius 3 is 3.00 bits per heavy atom. The van der Waals surface area contributed by atoms with E-state index in [1.54, 1.807) is 10.4 Å². The number of ether oxygens (including phenoxy) is 1. The minimum Gasteiger partial charge on any atom is -0.470 e. The van der Waals surface area contributed by atoms with Gasteiger partial charge in [0, 0.05) is 25.4 Å². The Bertz CT molecular complexity index is 739. The molecule has 1 unspecified atom stereocenters. The lowest BCUT2D eigenvalue weighted by molar-refractivity contribution is 0.0775. The van der Waals surface area contributed by atoms with Crippen molar-refractivity contribution in [2.24, 2.45) is 0 Å². The Kier molecular flexibility index (Phi) is 3.98. The number of likely N-dealkylation sites (tertiary alicyclic amines) is 1. The van der Waals surface area contributed by atoms with Gasteiger partial charge in [0.25, 0.3) is 11.8 Å². The van der Waals surface area contributed by atoms with Crippen molar-refractivity contribution in [3.8, 4) is 11.9 Å². The zero-order valence-corrected chi connectivity index (χ0v) is 12.7. The molecule has 0 bridgehead atoms. The molecule has 2 aromatic rings. The number of nitriles is 1. The number of aromatic nitrogens is 3. The van der Waals surface area contributed by atoms with Gasteiger partial charge in [-0.1, -0.05) is 0 Å². The lowest BCUT2D eigenvalue weighted by Gasteiger charge is -2.16. The molecular weight excluding hydrogens is 302 g/mol. The van der Waals surface area contributed by atoms with Crippen LogP contribution in [0.5, 0.6) is 5.88 Å². The normalized spacial score (nSPS) is 17.3. The third kappa shape index (κ3) is 2.76.